The highest BCUT2D eigenvalue weighted by Crippen LogP contribution is 2.28. The van der Waals surface area contributed by atoms with E-state index in [1.54, 1.807) is 18.3 Å². The maximum atomic E-state index is 13.9. The number of nitrogens with zero attached hydrogens (tertiary/aromatic N) is 1. The van der Waals surface area contributed by atoms with Gasteiger partial charge in [-0.3, -0.25) is 0 Å². The van der Waals surface area contributed by atoms with Gasteiger partial charge in [0.25, 0.3) is 0 Å². The summed E-state index contributed by atoms with van der Waals surface area (Å²) < 4.78 is 30.1. The largest absolute Gasteiger partial charge is 0.366 e. The molecule has 0 unspecified atom stereocenters. The molecule has 0 spiro atoms. The minimum atomic E-state index is -0.483. The molecule has 120 valence electrons. The molecule has 0 bridgehead atoms. The molecule has 0 atom stereocenters. The Morgan fingerprint density at radius 3 is 2.75 bits per heavy atom. The minimum Gasteiger partial charge on any atom is -0.366 e. The number of nitrogens with one attached hydrogen (secondary N) is 2. The molecule has 0 saturated carbocycles. The van der Waals surface area contributed by atoms with Gasteiger partial charge in [-0.25, -0.2) is 8.78 Å². The number of hydrogen-bond donors (Lipinski definition) is 2. The van der Waals surface area contributed by atoms with Gasteiger partial charge in [0.05, 0.1) is 17.3 Å². The fourth-order valence-electron chi connectivity index (χ4n) is 2.26. The van der Waals surface area contributed by atoms with Crippen LogP contribution in [-0.2, 0) is 6.42 Å². The highest BCUT2D eigenvalue weighted by molar-refractivity contribution is 8.00. The quantitative estimate of drug-likeness (QED) is 0.651. The molecular weight excluding hydrogens is 328 g/mol. The minimum absolute atomic E-state index is 0.269. The first kappa shape index (κ1) is 16.1. The number of anilines is 1. The normalized spacial score (nSPS) is 10.4. The van der Waals surface area contributed by atoms with Crippen LogP contribution in [-0.4, -0.2) is 4.98 Å². The van der Waals surface area contributed by atoms with E-state index < -0.39 is 5.82 Å². The topological polar surface area (TPSA) is 51.6 Å². The Morgan fingerprint density at radius 1 is 1.12 bits per heavy atom. The van der Waals surface area contributed by atoms with Gasteiger partial charge in [-0.15, -0.1) is 0 Å². The van der Waals surface area contributed by atoms with Crippen molar-refractivity contribution in [2.75, 3.05) is 4.72 Å². The molecule has 2 aromatic carbocycles. The van der Waals surface area contributed by atoms with E-state index in [9.17, 15) is 8.78 Å². The van der Waals surface area contributed by atoms with Crippen LogP contribution in [0.15, 0.2) is 59.8 Å². The van der Waals surface area contributed by atoms with Gasteiger partial charge in [0.1, 0.15) is 11.6 Å². The first-order chi connectivity index (χ1) is 11.7. The van der Waals surface area contributed by atoms with Crippen LogP contribution < -0.4 is 4.72 Å². The molecule has 1 aromatic heterocycles. The summed E-state index contributed by atoms with van der Waals surface area (Å²) in [6.07, 6.45) is 4.21. The number of H-pyrrole nitrogens is 1. The lowest BCUT2D eigenvalue weighted by molar-refractivity contribution is 0.626. The van der Waals surface area contributed by atoms with E-state index in [1.165, 1.54) is 36.2 Å². The number of aromatic nitrogens is 1. The molecule has 1 heterocycles. The molecular formula is C18H13F2N3S. The third-order valence-electron chi connectivity index (χ3n) is 3.44. The van der Waals surface area contributed by atoms with Crippen LogP contribution in [0.4, 0.5) is 14.5 Å². The molecule has 0 fully saturated rings. The van der Waals surface area contributed by atoms with Gasteiger partial charge >= 0.3 is 0 Å². The summed E-state index contributed by atoms with van der Waals surface area (Å²) in [6.45, 7) is 0. The maximum absolute atomic E-state index is 13.9. The fourth-order valence-corrected chi connectivity index (χ4v) is 3.03. The van der Waals surface area contributed by atoms with Crippen LogP contribution in [0.3, 0.4) is 0 Å². The Balaban J connectivity index is 1.71. The second-order valence-electron chi connectivity index (χ2n) is 5.16. The lowest BCUT2D eigenvalue weighted by atomic mass is 10.1. The lowest BCUT2D eigenvalue weighted by Gasteiger charge is -2.08. The second-order valence-corrected chi connectivity index (χ2v) is 6.01. The molecule has 0 radical (unpaired) electrons. The van der Waals surface area contributed by atoms with E-state index in [-0.39, 0.29) is 11.4 Å². The Labute approximate surface area is 142 Å². The molecule has 0 aliphatic carbocycles. The molecule has 3 aromatic rings. The summed E-state index contributed by atoms with van der Waals surface area (Å²) >= 11 is 1.26. The highest BCUT2D eigenvalue weighted by atomic mass is 32.2. The average molecular weight is 341 g/mol. The van der Waals surface area contributed by atoms with Crippen LogP contribution >= 0.6 is 11.9 Å². The Bertz CT molecular complexity index is 899. The first-order valence-corrected chi connectivity index (χ1v) is 8.00. The number of halogens is 2. The average Bonchev–Trinajstić information content (AvgIpc) is 3.00. The van der Waals surface area contributed by atoms with Crippen molar-refractivity contribution in [1.82, 2.24) is 4.98 Å². The molecule has 0 aliphatic rings. The molecule has 3 nitrogen and oxygen atoms in total. The molecule has 0 amide bonds. The Hall–Kier alpha value is -2.78. The van der Waals surface area contributed by atoms with Crippen molar-refractivity contribution in [2.24, 2.45) is 0 Å². The standard InChI is InChI=1S/C18H13F2N3S/c19-15-3-1-2-12(7-15)6-14-10-22-11-18(14)24-23-17-5-4-13(9-21)8-16(17)20/h1-5,7-8,10-11,22-23H,6H2. The Kier molecular flexibility index (Phi) is 4.82. The van der Waals surface area contributed by atoms with Gasteiger partial charge in [0, 0.05) is 23.7 Å². The molecule has 3 rings (SSSR count). The molecule has 6 heteroatoms. The third-order valence-corrected chi connectivity index (χ3v) is 4.36. The van der Waals surface area contributed by atoms with Gasteiger partial charge in [-0.1, -0.05) is 12.1 Å². The van der Waals surface area contributed by atoms with Gasteiger partial charge in [-0.05, 0) is 53.4 Å². The number of nitriles is 1. The smallest absolute Gasteiger partial charge is 0.148 e. The van der Waals surface area contributed by atoms with Crippen molar-refractivity contribution >= 4 is 17.6 Å². The van der Waals surface area contributed by atoms with Gasteiger partial charge < -0.3 is 9.71 Å². The molecule has 0 saturated heterocycles. The zero-order valence-electron chi connectivity index (χ0n) is 12.5. The van der Waals surface area contributed by atoms with Crippen LogP contribution in [0, 0.1) is 23.0 Å². The summed E-state index contributed by atoms with van der Waals surface area (Å²) in [6, 6.07) is 12.6. The molecule has 24 heavy (non-hydrogen) atoms. The molecule has 2 N–H and O–H groups in total. The van der Waals surface area contributed by atoms with E-state index in [0.29, 0.717) is 12.1 Å². The Morgan fingerprint density at radius 2 is 2.00 bits per heavy atom. The van der Waals surface area contributed by atoms with Crippen molar-refractivity contribution in [2.45, 2.75) is 11.3 Å². The van der Waals surface area contributed by atoms with Crippen molar-refractivity contribution in [3.05, 3.63) is 83.2 Å². The van der Waals surface area contributed by atoms with Crippen LogP contribution in [0.5, 0.6) is 0 Å². The summed E-state index contributed by atoms with van der Waals surface area (Å²) in [4.78, 5) is 3.90. The van der Waals surface area contributed by atoms with E-state index in [1.807, 2.05) is 18.3 Å². The van der Waals surface area contributed by atoms with Crippen molar-refractivity contribution in [3.63, 3.8) is 0 Å². The SMILES string of the molecule is N#Cc1ccc(NSc2c[nH]cc2Cc2cccc(F)c2)c(F)c1. The number of rotatable bonds is 5. The van der Waals surface area contributed by atoms with Gasteiger partial charge in [0.2, 0.25) is 0 Å². The zero-order chi connectivity index (χ0) is 16.9. The second kappa shape index (κ2) is 7.20. The predicted molar refractivity (Wildman–Crippen MR) is 90.6 cm³/mol. The van der Waals surface area contributed by atoms with Crippen LogP contribution in [0.1, 0.15) is 16.7 Å². The summed E-state index contributed by atoms with van der Waals surface area (Å²) in [5.41, 5.74) is 2.42. The predicted octanol–water partition coefficient (Wildman–Crippen LogP) is 4.87. The summed E-state index contributed by atoms with van der Waals surface area (Å²) in [5.74, 6) is -0.751. The van der Waals surface area contributed by atoms with Crippen molar-refractivity contribution < 1.29 is 8.78 Å². The number of benzene rings is 2. The lowest BCUT2D eigenvalue weighted by Crippen LogP contribution is -1.94. The highest BCUT2D eigenvalue weighted by Gasteiger charge is 2.09. The van der Waals surface area contributed by atoms with E-state index >= 15 is 0 Å². The third kappa shape index (κ3) is 3.76. The molecule has 0 aliphatic heterocycles. The number of aromatic amines is 1. The fraction of sp³-hybridized carbons (Fsp3) is 0.0556. The monoisotopic (exact) mass is 341 g/mol. The number of hydrogen-bond acceptors (Lipinski definition) is 3. The van der Waals surface area contributed by atoms with Crippen molar-refractivity contribution in [1.29, 1.82) is 5.26 Å². The van der Waals surface area contributed by atoms with E-state index in [0.717, 1.165) is 16.0 Å². The maximum Gasteiger partial charge on any atom is 0.148 e. The zero-order valence-corrected chi connectivity index (χ0v) is 13.3. The van der Waals surface area contributed by atoms with Crippen LogP contribution in [0.2, 0.25) is 0 Å². The summed E-state index contributed by atoms with van der Waals surface area (Å²) in [5, 5.41) is 8.76. The first-order valence-electron chi connectivity index (χ1n) is 7.18. The van der Waals surface area contributed by atoms with Gasteiger partial charge in [0.15, 0.2) is 0 Å². The van der Waals surface area contributed by atoms with Crippen LogP contribution in [0.25, 0.3) is 0 Å². The van der Waals surface area contributed by atoms with Crippen molar-refractivity contribution in [3.8, 4) is 6.07 Å². The van der Waals surface area contributed by atoms with E-state index in [2.05, 4.69) is 9.71 Å². The van der Waals surface area contributed by atoms with Gasteiger partial charge in [-0.2, -0.15) is 5.26 Å². The summed E-state index contributed by atoms with van der Waals surface area (Å²) in [7, 11) is 0. The van der Waals surface area contributed by atoms with E-state index in [4.69, 9.17) is 5.26 Å².